The molecule has 0 bridgehead atoms. The third-order valence-electron chi connectivity index (χ3n) is 3.67. The predicted molar refractivity (Wildman–Crippen MR) is 83.8 cm³/mol. The maximum Gasteiger partial charge on any atom is 0.335 e. The van der Waals surface area contributed by atoms with Crippen LogP contribution in [0, 0.1) is 11.3 Å². The first-order valence-electron chi connectivity index (χ1n) is 6.98. The third kappa shape index (κ3) is 4.29. The molecule has 0 heterocycles. The van der Waals surface area contributed by atoms with Gasteiger partial charge >= 0.3 is 11.9 Å². The lowest BCUT2D eigenvalue weighted by Gasteiger charge is -2.33. The van der Waals surface area contributed by atoms with E-state index in [2.05, 4.69) is 4.72 Å². The average molecular weight is 343 g/mol. The fourth-order valence-electron chi connectivity index (χ4n) is 2.28. The minimum absolute atomic E-state index is 0.161. The number of aliphatic carboxylic acids is 1. The molecule has 0 spiro atoms. The summed E-state index contributed by atoms with van der Waals surface area (Å²) in [4.78, 5) is 22.2. The van der Waals surface area contributed by atoms with Crippen molar-refractivity contribution in [2.75, 3.05) is 0 Å². The number of carbonyl (C=O) groups is 2. The van der Waals surface area contributed by atoms with Gasteiger partial charge in [0.05, 0.1) is 15.9 Å². The molecule has 8 heteroatoms. The minimum atomic E-state index is -4.05. The minimum Gasteiger partial charge on any atom is -0.481 e. The molecule has 128 valence electrons. The fourth-order valence-corrected chi connectivity index (χ4v) is 3.86. The molecule has 0 amide bonds. The molecule has 0 aliphatic carbocycles. The number of sulfonamides is 1. The number of hydrogen-bond donors (Lipinski definition) is 3. The van der Waals surface area contributed by atoms with Crippen LogP contribution in [-0.2, 0) is 14.8 Å². The molecule has 0 aliphatic rings. The van der Waals surface area contributed by atoms with Crippen molar-refractivity contribution in [3.63, 3.8) is 0 Å². The first-order valence-corrected chi connectivity index (χ1v) is 8.47. The average Bonchev–Trinajstić information content (AvgIpc) is 2.44. The Bertz CT molecular complexity index is 708. The van der Waals surface area contributed by atoms with Gasteiger partial charge in [0, 0.05) is 6.04 Å². The predicted octanol–water partition coefficient (Wildman–Crippen LogP) is 1.80. The van der Waals surface area contributed by atoms with Crippen LogP contribution in [0.4, 0.5) is 0 Å². The van der Waals surface area contributed by atoms with Crippen LogP contribution in [0.3, 0.4) is 0 Å². The Hall–Kier alpha value is -1.93. The van der Waals surface area contributed by atoms with Gasteiger partial charge in [0.25, 0.3) is 0 Å². The Morgan fingerprint density at radius 2 is 1.74 bits per heavy atom. The van der Waals surface area contributed by atoms with Gasteiger partial charge in [0.15, 0.2) is 0 Å². The van der Waals surface area contributed by atoms with E-state index in [9.17, 15) is 23.1 Å². The lowest BCUT2D eigenvalue weighted by molar-refractivity contribution is -0.149. The van der Waals surface area contributed by atoms with Gasteiger partial charge in [0.2, 0.25) is 10.0 Å². The van der Waals surface area contributed by atoms with E-state index in [-0.39, 0.29) is 16.4 Å². The Morgan fingerprint density at radius 1 is 1.17 bits per heavy atom. The smallest absolute Gasteiger partial charge is 0.335 e. The van der Waals surface area contributed by atoms with E-state index in [1.807, 2.05) is 0 Å². The molecule has 23 heavy (non-hydrogen) atoms. The maximum atomic E-state index is 12.5. The van der Waals surface area contributed by atoms with Crippen LogP contribution in [0.15, 0.2) is 29.2 Å². The number of aromatic carboxylic acids is 1. The summed E-state index contributed by atoms with van der Waals surface area (Å²) in [6.07, 6.45) is 0. The van der Waals surface area contributed by atoms with Crippen molar-refractivity contribution in [3.8, 4) is 0 Å². The second-order valence-corrected chi connectivity index (χ2v) is 7.92. The zero-order valence-electron chi connectivity index (χ0n) is 13.4. The molecule has 7 nitrogen and oxygen atoms in total. The molecule has 0 saturated heterocycles. The van der Waals surface area contributed by atoms with Gasteiger partial charge in [-0.3, -0.25) is 4.79 Å². The molecule has 1 aromatic carbocycles. The number of benzene rings is 1. The second kappa shape index (κ2) is 6.67. The zero-order valence-corrected chi connectivity index (χ0v) is 14.2. The molecule has 0 aliphatic heterocycles. The SMILES string of the molecule is CC(C)C(NS(=O)(=O)c1cccc(C(=O)O)c1)C(C)(C)C(=O)O. The molecule has 0 radical (unpaired) electrons. The summed E-state index contributed by atoms with van der Waals surface area (Å²) in [6, 6.07) is 4.04. The molecule has 1 rings (SSSR count). The Morgan fingerprint density at radius 3 is 2.17 bits per heavy atom. The highest BCUT2D eigenvalue weighted by molar-refractivity contribution is 7.89. The van der Waals surface area contributed by atoms with E-state index < -0.39 is 33.4 Å². The van der Waals surface area contributed by atoms with Crippen molar-refractivity contribution in [3.05, 3.63) is 29.8 Å². The van der Waals surface area contributed by atoms with E-state index >= 15 is 0 Å². The largest absolute Gasteiger partial charge is 0.481 e. The van der Waals surface area contributed by atoms with Crippen LogP contribution < -0.4 is 4.72 Å². The molecule has 1 unspecified atom stereocenters. The van der Waals surface area contributed by atoms with Gasteiger partial charge in [-0.2, -0.15) is 0 Å². The fraction of sp³-hybridized carbons (Fsp3) is 0.467. The maximum absolute atomic E-state index is 12.5. The van der Waals surface area contributed by atoms with Crippen molar-refractivity contribution in [1.82, 2.24) is 4.72 Å². The van der Waals surface area contributed by atoms with Gasteiger partial charge in [-0.25, -0.2) is 17.9 Å². The van der Waals surface area contributed by atoms with E-state index in [1.54, 1.807) is 13.8 Å². The van der Waals surface area contributed by atoms with E-state index in [4.69, 9.17) is 5.11 Å². The summed E-state index contributed by atoms with van der Waals surface area (Å²) in [5.74, 6) is -2.65. The normalized spacial score (nSPS) is 13.8. The van der Waals surface area contributed by atoms with Gasteiger partial charge < -0.3 is 10.2 Å². The Balaban J connectivity index is 3.25. The van der Waals surface area contributed by atoms with Crippen LogP contribution in [0.1, 0.15) is 38.1 Å². The summed E-state index contributed by atoms with van der Waals surface area (Å²) in [7, 11) is -4.05. The van der Waals surface area contributed by atoms with Crippen molar-refractivity contribution in [1.29, 1.82) is 0 Å². The Labute approximate surface area is 135 Å². The van der Waals surface area contributed by atoms with Crippen LogP contribution in [0.25, 0.3) is 0 Å². The quantitative estimate of drug-likeness (QED) is 0.694. The molecule has 0 saturated carbocycles. The third-order valence-corrected chi connectivity index (χ3v) is 5.11. The van der Waals surface area contributed by atoms with Crippen LogP contribution in [0.2, 0.25) is 0 Å². The second-order valence-electron chi connectivity index (χ2n) is 6.20. The summed E-state index contributed by atoms with van der Waals surface area (Å²) in [6.45, 7) is 6.31. The number of rotatable bonds is 7. The summed E-state index contributed by atoms with van der Waals surface area (Å²) < 4.78 is 27.4. The molecular weight excluding hydrogens is 322 g/mol. The van der Waals surface area contributed by atoms with Gasteiger partial charge in [-0.15, -0.1) is 0 Å². The summed E-state index contributed by atoms with van der Waals surface area (Å²) >= 11 is 0. The van der Waals surface area contributed by atoms with E-state index in [0.717, 1.165) is 6.07 Å². The zero-order chi connectivity index (χ0) is 18.0. The molecular formula is C15H21NO6S. The van der Waals surface area contributed by atoms with Gasteiger partial charge in [-0.05, 0) is 38.0 Å². The van der Waals surface area contributed by atoms with Crippen molar-refractivity contribution in [2.45, 2.75) is 38.6 Å². The summed E-state index contributed by atoms with van der Waals surface area (Å²) in [5.41, 5.74) is -1.49. The van der Waals surface area contributed by atoms with Gasteiger partial charge in [-0.1, -0.05) is 19.9 Å². The van der Waals surface area contributed by atoms with E-state index in [1.165, 1.54) is 32.0 Å². The van der Waals surface area contributed by atoms with E-state index in [0.29, 0.717) is 0 Å². The molecule has 0 fully saturated rings. The highest BCUT2D eigenvalue weighted by atomic mass is 32.2. The highest BCUT2D eigenvalue weighted by Gasteiger charge is 2.41. The van der Waals surface area contributed by atoms with Crippen molar-refractivity contribution >= 4 is 22.0 Å². The number of nitrogens with one attached hydrogen (secondary N) is 1. The van der Waals surface area contributed by atoms with Crippen molar-refractivity contribution < 1.29 is 28.2 Å². The Kier molecular flexibility index (Phi) is 5.55. The lowest BCUT2D eigenvalue weighted by atomic mass is 9.79. The monoisotopic (exact) mass is 343 g/mol. The number of carboxylic acid groups (broad SMARTS) is 2. The first-order chi connectivity index (χ1) is 10.4. The van der Waals surface area contributed by atoms with Crippen LogP contribution in [0.5, 0.6) is 0 Å². The van der Waals surface area contributed by atoms with Crippen molar-refractivity contribution in [2.24, 2.45) is 11.3 Å². The number of hydrogen-bond acceptors (Lipinski definition) is 4. The topological polar surface area (TPSA) is 121 Å². The van der Waals surface area contributed by atoms with Gasteiger partial charge in [0.1, 0.15) is 0 Å². The summed E-state index contributed by atoms with van der Waals surface area (Å²) in [5, 5.41) is 18.3. The highest BCUT2D eigenvalue weighted by Crippen LogP contribution is 2.28. The van der Waals surface area contributed by atoms with Crippen LogP contribution >= 0.6 is 0 Å². The van der Waals surface area contributed by atoms with Crippen LogP contribution in [-0.4, -0.2) is 36.6 Å². The number of carboxylic acids is 2. The molecule has 3 N–H and O–H groups in total. The molecule has 1 aromatic rings. The lowest BCUT2D eigenvalue weighted by Crippen LogP contribution is -2.51. The first kappa shape index (κ1) is 19.1. The molecule has 0 aromatic heterocycles. The standard InChI is InChI=1S/C15H21NO6S/c1-9(2)12(15(3,4)14(19)20)16-23(21,22)11-7-5-6-10(8-11)13(17)18/h5-9,12,16H,1-4H3,(H,17,18)(H,19,20). The molecule has 1 atom stereocenters.